The molecule has 0 saturated carbocycles. The average molecular weight is 276 g/mol. The van der Waals surface area contributed by atoms with E-state index in [2.05, 4.69) is 4.72 Å². The van der Waals surface area contributed by atoms with Crippen molar-refractivity contribution in [1.29, 1.82) is 0 Å². The Kier molecular flexibility index (Phi) is 5.33. The maximum atomic E-state index is 11.9. The number of aliphatic hydroxyl groups is 1. The molecule has 1 unspecified atom stereocenters. The number of hydrogen-bond acceptors (Lipinski definition) is 4. The van der Waals surface area contributed by atoms with Gasteiger partial charge in [0.2, 0.25) is 0 Å². The van der Waals surface area contributed by atoms with E-state index in [9.17, 15) is 8.42 Å². The van der Waals surface area contributed by atoms with Crippen molar-refractivity contribution in [1.82, 2.24) is 9.03 Å². The summed E-state index contributed by atoms with van der Waals surface area (Å²) in [6.45, 7) is 3.76. The maximum absolute atomic E-state index is 11.9. The molecule has 1 rings (SSSR count). The average Bonchev–Trinajstić information content (AvgIpc) is 2.72. The van der Waals surface area contributed by atoms with Gasteiger partial charge in [-0.1, -0.05) is 0 Å². The molecule has 0 spiro atoms. The standard InChI is InChI=1S/C11H20N2O4S/c1-9-5-6-11(17-9)10(2)12-18(15,16)13(3)7-4-8-14/h5-6,10,12,14H,4,7-8H2,1-3H3. The molecule has 0 radical (unpaired) electrons. The van der Waals surface area contributed by atoms with Gasteiger partial charge in [0.05, 0.1) is 6.04 Å². The minimum Gasteiger partial charge on any atom is -0.465 e. The van der Waals surface area contributed by atoms with Crippen molar-refractivity contribution in [3.05, 3.63) is 23.7 Å². The van der Waals surface area contributed by atoms with E-state index in [1.165, 1.54) is 11.4 Å². The summed E-state index contributed by atoms with van der Waals surface area (Å²) >= 11 is 0. The first kappa shape index (κ1) is 15.2. The lowest BCUT2D eigenvalue weighted by Gasteiger charge is -2.19. The zero-order chi connectivity index (χ0) is 13.8. The Morgan fingerprint density at radius 3 is 2.67 bits per heavy atom. The summed E-state index contributed by atoms with van der Waals surface area (Å²) in [7, 11) is -2.09. The number of furan rings is 1. The van der Waals surface area contributed by atoms with E-state index in [0.29, 0.717) is 12.2 Å². The van der Waals surface area contributed by atoms with Crippen molar-refractivity contribution in [2.75, 3.05) is 20.2 Å². The quantitative estimate of drug-likeness (QED) is 0.771. The Hall–Kier alpha value is -0.890. The van der Waals surface area contributed by atoms with Gasteiger partial charge in [0, 0.05) is 20.2 Å². The van der Waals surface area contributed by atoms with Crippen LogP contribution in [0.4, 0.5) is 0 Å². The van der Waals surface area contributed by atoms with Gasteiger partial charge < -0.3 is 9.52 Å². The monoisotopic (exact) mass is 276 g/mol. The van der Waals surface area contributed by atoms with E-state index in [0.717, 1.165) is 5.76 Å². The summed E-state index contributed by atoms with van der Waals surface area (Å²) in [5.41, 5.74) is 0. The molecule has 1 aromatic rings. The van der Waals surface area contributed by atoms with Crippen LogP contribution in [-0.4, -0.2) is 38.0 Å². The summed E-state index contributed by atoms with van der Waals surface area (Å²) in [4.78, 5) is 0. The van der Waals surface area contributed by atoms with Crippen LogP contribution in [0, 0.1) is 6.92 Å². The Morgan fingerprint density at radius 2 is 2.17 bits per heavy atom. The number of aryl methyl sites for hydroxylation is 1. The SMILES string of the molecule is Cc1ccc(C(C)NS(=O)(=O)N(C)CCCO)o1. The van der Waals surface area contributed by atoms with E-state index in [-0.39, 0.29) is 13.2 Å². The molecule has 1 heterocycles. The third-order valence-corrected chi connectivity index (χ3v) is 4.21. The first-order valence-corrected chi connectivity index (χ1v) is 7.21. The minimum absolute atomic E-state index is 0.0349. The van der Waals surface area contributed by atoms with Crippen molar-refractivity contribution >= 4 is 10.2 Å². The largest absolute Gasteiger partial charge is 0.465 e. The molecule has 104 valence electrons. The van der Waals surface area contributed by atoms with Gasteiger partial charge in [0.25, 0.3) is 10.2 Å². The van der Waals surface area contributed by atoms with Crippen molar-refractivity contribution in [2.45, 2.75) is 26.3 Å². The predicted molar refractivity (Wildman–Crippen MR) is 68.2 cm³/mol. The fourth-order valence-electron chi connectivity index (χ4n) is 1.47. The zero-order valence-electron chi connectivity index (χ0n) is 10.9. The Balaban J connectivity index is 2.65. The summed E-state index contributed by atoms with van der Waals surface area (Å²) in [5.74, 6) is 1.32. The van der Waals surface area contributed by atoms with E-state index >= 15 is 0 Å². The van der Waals surface area contributed by atoms with Crippen LogP contribution in [0.5, 0.6) is 0 Å². The van der Waals surface area contributed by atoms with Crippen LogP contribution in [0.15, 0.2) is 16.5 Å². The molecule has 0 aromatic carbocycles. The Morgan fingerprint density at radius 1 is 1.50 bits per heavy atom. The highest BCUT2D eigenvalue weighted by atomic mass is 32.2. The lowest BCUT2D eigenvalue weighted by atomic mass is 10.3. The molecular formula is C11H20N2O4S. The molecular weight excluding hydrogens is 256 g/mol. The molecule has 0 amide bonds. The van der Waals surface area contributed by atoms with Crippen LogP contribution >= 0.6 is 0 Å². The molecule has 0 saturated heterocycles. The minimum atomic E-state index is -3.56. The number of hydrogen-bond donors (Lipinski definition) is 2. The van der Waals surface area contributed by atoms with Crippen LogP contribution in [-0.2, 0) is 10.2 Å². The molecule has 6 nitrogen and oxygen atoms in total. The molecule has 0 bridgehead atoms. The highest BCUT2D eigenvalue weighted by Gasteiger charge is 2.21. The van der Waals surface area contributed by atoms with Crippen LogP contribution < -0.4 is 4.72 Å². The summed E-state index contributed by atoms with van der Waals surface area (Å²) < 4.78 is 32.9. The van der Waals surface area contributed by atoms with Gasteiger partial charge in [-0.25, -0.2) is 0 Å². The van der Waals surface area contributed by atoms with Crippen LogP contribution in [0.25, 0.3) is 0 Å². The number of aliphatic hydroxyl groups excluding tert-OH is 1. The molecule has 2 N–H and O–H groups in total. The third-order valence-electron chi connectivity index (χ3n) is 2.56. The van der Waals surface area contributed by atoms with E-state index in [1.54, 1.807) is 26.0 Å². The van der Waals surface area contributed by atoms with Crippen molar-refractivity contribution in [2.24, 2.45) is 0 Å². The number of nitrogens with zero attached hydrogens (tertiary/aromatic N) is 1. The van der Waals surface area contributed by atoms with Gasteiger partial charge in [-0.05, 0) is 32.4 Å². The first-order chi connectivity index (χ1) is 8.36. The van der Waals surface area contributed by atoms with E-state index in [1.807, 2.05) is 0 Å². The topological polar surface area (TPSA) is 82.8 Å². The second kappa shape index (κ2) is 6.33. The third kappa shape index (κ3) is 4.09. The molecule has 0 fully saturated rings. The molecule has 1 aromatic heterocycles. The van der Waals surface area contributed by atoms with E-state index in [4.69, 9.17) is 9.52 Å². The molecule has 0 aliphatic carbocycles. The van der Waals surface area contributed by atoms with Crippen molar-refractivity contribution in [3.63, 3.8) is 0 Å². The number of rotatable bonds is 7. The zero-order valence-corrected chi connectivity index (χ0v) is 11.7. The Bertz CT molecular complexity index is 469. The molecule has 0 aliphatic heterocycles. The Labute approximate surface area is 108 Å². The molecule has 0 aliphatic rings. The first-order valence-electron chi connectivity index (χ1n) is 5.77. The molecule has 18 heavy (non-hydrogen) atoms. The van der Waals surface area contributed by atoms with Gasteiger partial charge in [-0.2, -0.15) is 17.4 Å². The van der Waals surface area contributed by atoms with Crippen molar-refractivity contribution < 1.29 is 17.9 Å². The van der Waals surface area contributed by atoms with Gasteiger partial charge >= 0.3 is 0 Å². The van der Waals surface area contributed by atoms with Gasteiger partial charge in [-0.3, -0.25) is 0 Å². The molecule has 1 atom stereocenters. The predicted octanol–water partition coefficient (Wildman–Crippen LogP) is 0.798. The van der Waals surface area contributed by atoms with Crippen molar-refractivity contribution in [3.8, 4) is 0 Å². The second-order valence-corrected chi connectivity index (χ2v) is 6.00. The van der Waals surface area contributed by atoms with Gasteiger partial charge in [0.1, 0.15) is 11.5 Å². The highest BCUT2D eigenvalue weighted by molar-refractivity contribution is 7.87. The van der Waals surface area contributed by atoms with E-state index < -0.39 is 16.3 Å². The summed E-state index contributed by atoms with van der Waals surface area (Å²) in [6.07, 6.45) is 0.408. The molecule has 7 heteroatoms. The van der Waals surface area contributed by atoms with Crippen LogP contribution in [0.1, 0.15) is 30.9 Å². The lowest BCUT2D eigenvalue weighted by molar-refractivity contribution is 0.275. The smallest absolute Gasteiger partial charge is 0.279 e. The van der Waals surface area contributed by atoms with Crippen LogP contribution in [0.3, 0.4) is 0 Å². The normalized spacial score (nSPS) is 14.1. The second-order valence-electron chi connectivity index (χ2n) is 4.19. The summed E-state index contributed by atoms with van der Waals surface area (Å²) in [5, 5.41) is 8.69. The highest BCUT2D eigenvalue weighted by Crippen LogP contribution is 2.16. The lowest BCUT2D eigenvalue weighted by Crippen LogP contribution is -2.40. The van der Waals surface area contributed by atoms with Gasteiger partial charge in [-0.15, -0.1) is 0 Å². The van der Waals surface area contributed by atoms with Crippen LogP contribution in [0.2, 0.25) is 0 Å². The summed E-state index contributed by atoms with van der Waals surface area (Å²) in [6, 6.07) is 3.10. The maximum Gasteiger partial charge on any atom is 0.279 e. The fraction of sp³-hybridized carbons (Fsp3) is 0.636. The van der Waals surface area contributed by atoms with Gasteiger partial charge in [0.15, 0.2) is 0 Å². The fourth-order valence-corrected chi connectivity index (χ4v) is 2.58. The number of nitrogens with one attached hydrogen (secondary N) is 1.